The first kappa shape index (κ1) is 17.4. The summed E-state index contributed by atoms with van der Waals surface area (Å²) in [6.45, 7) is 3.12. The van der Waals surface area contributed by atoms with Crippen molar-refractivity contribution < 1.29 is 4.39 Å². The maximum absolute atomic E-state index is 14.8. The number of aliphatic imine (C=N–C) groups is 1. The molecule has 0 spiro atoms. The summed E-state index contributed by atoms with van der Waals surface area (Å²) in [5, 5.41) is 0. The predicted molar refractivity (Wildman–Crippen MR) is 108 cm³/mol. The van der Waals surface area contributed by atoms with Crippen LogP contribution in [0.1, 0.15) is 30.9 Å². The molecule has 1 aliphatic heterocycles. The van der Waals surface area contributed by atoms with Gasteiger partial charge in [-0.15, -0.1) is 0 Å². The number of benzene rings is 2. The van der Waals surface area contributed by atoms with E-state index in [1.54, 1.807) is 12.3 Å². The minimum atomic E-state index is -0.393. The minimum Gasteiger partial charge on any atom is -0.367 e. The average molecular weight is 359 g/mol. The van der Waals surface area contributed by atoms with Crippen LogP contribution in [0.4, 0.5) is 15.9 Å². The van der Waals surface area contributed by atoms with Gasteiger partial charge in [0.05, 0.1) is 17.6 Å². The fourth-order valence-corrected chi connectivity index (χ4v) is 3.57. The topological polar surface area (TPSA) is 28.5 Å². The van der Waals surface area contributed by atoms with Crippen LogP contribution in [0.3, 0.4) is 0 Å². The van der Waals surface area contributed by atoms with Gasteiger partial charge in [0.15, 0.2) is 11.6 Å². The highest BCUT2D eigenvalue weighted by Crippen LogP contribution is 2.28. The van der Waals surface area contributed by atoms with Gasteiger partial charge < -0.3 is 4.90 Å². The van der Waals surface area contributed by atoms with Gasteiger partial charge in [-0.05, 0) is 19.8 Å². The molecule has 4 heteroatoms. The predicted octanol–water partition coefficient (Wildman–Crippen LogP) is 5.38. The largest absolute Gasteiger partial charge is 0.367 e. The lowest BCUT2D eigenvalue weighted by molar-refractivity contribution is 0.621. The summed E-state index contributed by atoms with van der Waals surface area (Å²) >= 11 is 0. The Morgan fingerprint density at radius 1 is 1.04 bits per heavy atom. The van der Waals surface area contributed by atoms with Crippen molar-refractivity contribution in [2.75, 3.05) is 11.4 Å². The molecule has 0 bridgehead atoms. The molecule has 0 N–H and O–H groups in total. The van der Waals surface area contributed by atoms with Crippen molar-refractivity contribution in [1.82, 2.24) is 4.98 Å². The van der Waals surface area contributed by atoms with Gasteiger partial charge in [-0.1, -0.05) is 60.7 Å². The summed E-state index contributed by atoms with van der Waals surface area (Å²) in [4.78, 5) is 11.1. The Hall–Kier alpha value is -3.01. The third-order valence-corrected chi connectivity index (χ3v) is 5.00. The van der Waals surface area contributed by atoms with Crippen LogP contribution in [0.25, 0.3) is 0 Å². The molecule has 0 amide bonds. The first-order valence-corrected chi connectivity index (χ1v) is 9.34. The van der Waals surface area contributed by atoms with Crippen molar-refractivity contribution in [3.05, 3.63) is 89.9 Å². The summed E-state index contributed by atoms with van der Waals surface area (Å²) in [5.41, 5.74) is 3.41. The van der Waals surface area contributed by atoms with Gasteiger partial charge in [0.1, 0.15) is 0 Å². The maximum Gasteiger partial charge on any atom is 0.189 e. The molecule has 1 fully saturated rings. The molecule has 0 radical (unpaired) electrons. The molecule has 3 aromatic rings. The normalized spacial score (nSPS) is 16.4. The highest BCUT2D eigenvalue weighted by molar-refractivity contribution is 6.13. The van der Waals surface area contributed by atoms with Gasteiger partial charge in [-0.2, -0.15) is 0 Å². The monoisotopic (exact) mass is 359 g/mol. The molecule has 0 aliphatic carbocycles. The van der Waals surface area contributed by atoms with Crippen molar-refractivity contribution in [2.45, 2.75) is 25.8 Å². The highest BCUT2D eigenvalue weighted by atomic mass is 19.1. The number of hydrogen-bond donors (Lipinski definition) is 0. The van der Waals surface area contributed by atoms with Crippen LogP contribution >= 0.6 is 0 Å². The van der Waals surface area contributed by atoms with Gasteiger partial charge >= 0.3 is 0 Å². The van der Waals surface area contributed by atoms with Crippen LogP contribution in [-0.2, 0) is 0 Å². The van der Waals surface area contributed by atoms with E-state index in [0.29, 0.717) is 11.8 Å². The number of halogens is 1. The van der Waals surface area contributed by atoms with Crippen molar-refractivity contribution >= 4 is 17.2 Å². The van der Waals surface area contributed by atoms with Gasteiger partial charge in [0, 0.05) is 29.8 Å². The smallest absolute Gasteiger partial charge is 0.189 e. The third kappa shape index (κ3) is 3.75. The van der Waals surface area contributed by atoms with Crippen LogP contribution in [-0.4, -0.2) is 23.3 Å². The molecule has 27 heavy (non-hydrogen) atoms. The lowest BCUT2D eigenvalue weighted by Gasteiger charge is -2.23. The zero-order chi connectivity index (χ0) is 18.6. The van der Waals surface area contributed by atoms with Crippen molar-refractivity contribution in [2.24, 2.45) is 4.99 Å². The van der Waals surface area contributed by atoms with Crippen LogP contribution in [0, 0.1) is 5.82 Å². The zero-order valence-corrected chi connectivity index (χ0v) is 15.3. The van der Waals surface area contributed by atoms with E-state index >= 15 is 0 Å². The van der Waals surface area contributed by atoms with E-state index in [4.69, 9.17) is 0 Å². The second-order valence-electron chi connectivity index (χ2n) is 6.88. The van der Waals surface area contributed by atoms with E-state index in [-0.39, 0.29) is 5.82 Å². The Labute approximate surface area is 159 Å². The van der Waals surface area contributed by atoms with E-state index in [1.807, 2.05) is 60.7 Å². The Balaban J connectivity index is 1.74. The molecule has 2 heterocycles. The Bertz CT molecular complexity index is 897. The fraction of sp³-hybridized carbons (Fsp3) is 0.217. The van der Waals surface area contributed by atoms with Gasteiger partial charge in [0.25, 0.3) is 0 Å². The Kier molecular flexibility index (Phi) is 4.97. The van der Waals surface area contributed by atoms with E-state index in [0.717, 1.165) is 36.2 Å². The van der Waals surface area contributed by atoms with E-state index in [9.17, 15) is 4.39 Å². The number of hydrogen-bond acceptors (Lipinski definition) is 3. The van der Waals surface area contributed by atoms with Crippen LogP contribution in [0.15, 0.2) is 77.9 Å². The van der Waals surface area contributed by atoms with Crippen molar-refractivity contribution in [1.29, 1.82) is 0 Å². The molecule has 1 aromatic heterocycles. The standard InChI is InChI=1S/C23H22FN3/c1-17-9-8-14-27(17)20-15-21(24)23(25-16-20)26-22(18-10-4-2-5-11-18)19-12-6-3-7-13-19/h2-7,10-13,15-17H,8-9,14H2,1H3/t17-/m1/s1. The molecule has 0 unspecified atom stereocenters. The lowest BCUT2D eigenvalue weighted by atomic mass is 10.0. The summed E-state index contributed by atoms with van der Waals surface area (Å²) in [6.07, 6.45) is 4.00. The third-order valence-electron chi connectivity index (χ3n) is 5.00. The highest BCUT2D eigenvalue weighted by Gasteiger charge is 2.22. The molecular weight excluding hydrogens is 337 g/mol. The number of anilines is 1. The Morgan fingerprint density at radius 3 is 2.19 bits per heavy atom. The molecule has 1 atom stereocenters. The first-order valence-electron chi connectivity index (χ1n) is 9.34. The maximum atomic E-state index is 14.8. The summed E-state index contributed by atoms with van der Waals surface area (Å²) in [7, 11) is 0. The quantitative estimate of drug-likeness (QED) is 0.585. The van der Waals surface area contributed by atoms with Crippen molar-refractivity contribution in [3.8, 4) is 0 Å². The van der Waals surface area contributed by atoms with E-state index in [1.165, 1.54) is 0 Å². The summed E-state index contributed by atoms with van der Waals surface area (Å²) in [6, 6.07) is 21.6. The van der Waals surface area contributed by atoms with E-state index < -0.39 is 5.82 Å². The first-order chi connectivity index (χ1) is 13.2. The van der Waals surface area contributed by atoms with E-state index in [2.05, 4.69) is 21.8 Å². The SMILES string of the molecule is C[C@@H]1CCCN1c1cnc(N=C(c2ccccc2)c2ccccc2)c(F)c1. The van der Waals surface area contributed by atoms with Gasteiger partial charge in [0.2, 0.25) is 0 Å². The van der Waals surface area contributed by atoms with Crippen molar-refractivity contribution in [3.63, 3.8) is 0 Å². The number of rotatable bonds is 4. The second-order valence-corrected chi connectivity index (χ2v) is 6.88. The number of nitrogens with zero attached hydrogens (tertiary/aromatic N) is 3. The second kappa shape index (κ2) is 7.70. The molecule has 3 nitrogen and oxygen atoms in total. The summed E-state index contributed by atoms with van der Waals surface area (Å²) < 4.78 is 14.8. The summed E-state index contributed by atoms with van der Waals surface area (Å²) in [5.74, 6) is -0.274. The van der Waals surface area contributed by atoms with Gasteiger partial charge in [-0.25, -0.2) is 14.4 Å². The minimum absolute atomic E-state index is 0.119. The Morgan fingerprint density at radius 2 is 1.67 bits per heavy atom. The number of aromatic nitrogens is 1. The van der Waals surface area contributed by atoms with Crippen LogP contribution in [0.5, 0.6) is 0 Å². The molecule has 4 rings (SSSR count). The molecule has 0 saturated carbocycles. The van der Waals surface area contributed by atoms with Gasteiger partial charge in [-0.3, -0.25) is 0 Å². The average Bonchev–Trinajstić information content (AvgIpc) is 3.14. The van der Waals surface area contributed by atoms with Crippen LogP contribution < -0.4 is 4.90 Å². The zero-order valence-electron chi connectivity index (χ0n) is 15.3. The molecule has 136 valence electrons. The van der Waals surface area contributed by atoms with Crippen LogP contribution in [0.2, 0.25) is 0 Å². The lowest BCUT2D eigenvalue weighted by Crippen LogP contribution is -2.26. The molecule has 2 aromatic carbocycles. The number of pyridine rings is 1. The molecular formula is C23H22FN3. The molecule has 1 saturated heterocycles. The fourth-order valence-electron chi connectivity index (χ4n) is 3.57. The molecule has 1 aliphatic rings.